The third-order valence-corrected chi connectivity index (χ3v) is 13.3. The van der Waals surface area contributed by atoms with Gasteiger partial charge in [0.05, 0.1) is 36.2 Å². The highest BCUT2D eigenvalue weighted by Crippen LogP contribution is 2.41. The predicted octanol–water partition coefficient (Wildman–Crippen LogP) is 5.96. The van der Waals surface area contributed by atoms with Gasteiger partial charge < -0.3 is 39.7 Å². The number of methoxy groups -OCH3 is 1. The van der Waals surface area contributed by atoms with E-state index in [9.17, 15) is 14.4 Å². The van der Waals surface area contributed by atoms with Crippen LogP contribution in [0.5, 0.6) is 0 Å². The Balaban J connectivity index is 1.34. The van der Waals surface area contributed by atoms with Crippen LogP contribution in [0.1, 0.15) is 97.1 Å². The highest BCUT2D eigenvalue weighted by molar-refractivity contribution is 5.95. The summed E-state index contributed by atoms with van der Waals surface area (Å²) < 4.78 is 13.5. The molecule has 63 heavy (non-hydrogen) atoms. The van der Waals surface area contributed by atoms with Crippen molar-refractivity contribution in [2.45, 2.75) is 111 Å². The van der Waals surface area contributed by atoms with Crippen LogP contribution in [-0.2, 0) is 36.8 Å². The summed E-state index contributed by atoms with van der Waals surface area (Å²) in [5.74, 6) is -0.0762. The second-order valence-electron chi connectivity index (χ2n) is 19.1. The monoisotopic (exact) mass is 871 g/mol. The Labute approximate surface area is 377 Å². The van der Waals surface area contributed by atoms with Crippen molar-refractivity contribution in [3.05, 3.63) is 59.4 Å². The van der Waals surface area contributed by atoms with E-state index >= 15 is 0 Å². The van der Waals surface area contributed by atoms with Crippen molar-refractivity contribution in [1.29, 1.82) is 0 Å². The van der Waals surface area contributed by atoms with Gasteiger partial charge >= 0.3 is 0 Å². The van der Waals surface area contributed by atoms with Crippen LogP contribution in [0.25, 0.3) is 27.7 Å². The molecule has 2 aromatic heterocycles. The number of nitrogens with one attached hydrogen (secondary N) is 3. The molecule has 13 nitrogen and oxygen atoms in total. The first-order chi connectivity index (χ1) is 30.2. The normalized spacial score (nSPS) is 19.5. The average molecular weight is 871 g/mol. The maximum Gasteiger partial charge on any atom is 0.293 e. The molecule has 5 rings (SSSR count). The number of amides is 1. The summed E-state index contributed by atoms with van der Waals surface area (Å²) in [4.78, 5) is 50.1. The zero-order chi connectivity index (χ0) is 45.7. The van der Waals surface area contributed by atoms with Gasteiger partial charge in [-0.25, -0.2) is 0 Å². The molecule has 3 N–H and O–H groups in total. The zero-order valence-electron chi connectivity index (χ0n) is 40.1. The second kappa shape index (κ2) is 23.3. The Kier molecular flexibility index (Phi) is 18.5. The Morgan fingerprint density at radius 1 is 1.06 bits per heavy atom. The van der Waals surface area contributed by atoms with E-state index in [-0.39, 0.29) is 28.9 Å². The molecule has 4 heterocycles. The van der Waals surface area contributed by atoms with Gasteiger partial charge in [0.15, 0.2) is 0 Å². The van der Waals surface area contributed by atoms with Crippen molar-refractivity contribution in [3.8, 4) is 11.3 Å². The fraction of sp³-hybridized carbons (Fsp3) is 0.640. The van der Waals surface area contributed by atoms with Crippen LogP contribution in [0.3, 0.4) is 0 Å². The highest BCUT2D eigenvalue weighted by atomic mass is 16.5. The number of rotatable bonds is 25. The summed E-state index contributed by atoms with van der Waals surface area (Å²) in [5, 5.41) is 11.3. The number of carbonyl (C=O) groups is 3. The van der Waals surface area contributed by atoms with Gasteiger partial charge in [0.1, 0.15) is 6.29 Å². The lowest BCUT2D eigenvalue weighted by Crippen LogP contribution is -2.63. The molecule has 0 spiro atoms. The predicted molar refractivity (Wildman–Crippen MR) is 255 cm³/mol. The van der Waals surface area contributed by atoms with Crippen LogP contribution in [0.4, 0.5) is 0 Å². The first kappa shape index (κ1) is 50.0. The summed E-state index contributed by atoms with van der Waals surface area (Å²) in [7, 11) is 5.94. The van der Waals surface area contributed by atoms with Gasteiger partial charge in [-0.3, -0.25) is 24.4 Å². The summed E-state index contributed by atoms with van der Waals surface area (Å²) in [6.45, 7) is 24.1. The lowest BCUT2D eigenvalue weighted by atomic mass is 9.84. The number of piperazine rings is 1. The molecule has 4 unspecified atom stereocenters. The molecule has 2 aliphatic rings. The number of pyridine rings is 1. The first-order valence-electron chi connectivity index (χ1n) is 23.4. The SMILES string of the molecule is CCCN1CCN(C)CC1(CCNC)CCNC(C(=O)NC(C=O)CN1CCC=C(c2ccc3c(c2)c(CC(C)(C)COC=O)c(-c2cccnc2C(C)OC)n3CC)C1)C(C)C. The van der Waals surface area contributed by atoms with Crippen LogP contribution in [-0.4, -0.2) is 147 Å². The molecule has 1 amide bonds. The molecule has 1 saturated heterocycles. The van der Waals surface area contributed by atoms with E-state index in [0.717, 1.165) is 118 Å². The second-order valence-corrected chi connectivity index (χ2v) is 19.1. The topological polar surface area (TPSA) is 133 Å². The fourth-order valence-electron chi connectivity index (χ4n) is 10.0. The average Bonchev–Trinajstić information content (AvgIpc) is 3.57. The first-order valence-corrected chi connectivity index (χ1v) is 23.4. The van der Waals surface area contributed by atoms with E-state index in [1.807, 2.05) is 26.2 Å². The Bertz CT molecular complexity index is 2000. The minimum atomic E-state index is -0.636. The summed E-state index contributed by atoms with van der Waals surface area (Å²) in [6.07, 6.45) is 9.40. The van der Waals surface area contributed by atoms with E-state index in [4.69, 9.17) is 14.5 Å². The Hall–Kier alpha value is -3.98. The van der Waals surface area contributed by atoms with E-state index in [1.165, 1.54) is 11.1 Å². The number of fused-ring (bicyclic) bond motifs is 1. The fourth-order valence-corrected chi connectivity index (χ4v) is 10.0. The number of carbonyl (C=O) groups excluding carboxylic acids is 3. The van der Waals surface area contributed by atoms with Crippen molar-refractivity contribution in [1.82, 2.24) is 40.2 Å². The molecule has 4 atom stereocenters. The number of aryl methyl sites for hydroxylation is 1. The van der Waals surface area contributed by atoms with E-state index < -0.39 is 12.1 Å². The van der Waals surface area contributed by atoms with Gasteiger partial charge in [-0.1, -0.05) is 46.8 Å². The summed E-state index contributed by atoms with van der Waals surface area (Å²) in [6, 6.07) is 9.77. The lowest BCUT2D eigenvalue weighted by Gasteiger charge is -2.51. The molecule has 13 heteroatoms. The van der Waals surface area contributed by atoms with Gasteiger partial charge in [-0.05, 0) is 127 Å². The summed E-state index contributed by atoms with van der Waals surface area (Å²) >= 11 is 0. The maximum absolute atomic E-state index is 14.0. The molecule has 0 bridgehead atoms. The number of benzene rings is 1. The Morgan fingerprint density at radius 2 is 1.84 bits per heavy atom. The number of aldehydes is 1. The lowest BCUT2D eigenvalue weighted by molar-refractivity contribution is -0.131. The highest BCUT2D eigenvalue weighted by Gasteiger charge is 2.40. The van der Waals surface area contributed by atoms with Gasteiger partial charge in [0, 0.05) is 86.5 Å². The van der Waals surface area contributed by atoms with Crippen LogP contribution in [0, 0.1) is 11.3 Å². The quantitative estimate of drug-likeness (QED) is 0.0873. The van der Waals surface area contributed by atoms with E-state index in [1.54, 1.807) is 7.11 Å². The molecule has 348 valence electrons. The van der Waals surface area contributed by atoms with Crippen LogP contribution >= 0.6 is 0 Å². The van der Waals surface area contributed by atoms with Crippen LogP contribution in [0.15, 0.2) is 42.6 Å². The van der Waals surface area contributed by atoms with Crippen LogP contribution in [0.2, 0.25) is 0 Å². The van der Waals surface area contributed by atoms with Crippen molar-refractivity contribution >= 4 is 35.1 Å². The number of aromatic nitrogens is 2. The molecule has 2 aliphatic heterocycles. The Morgan fingerprint density at radius 3 is 2.52 bits per heavy atom. The molecule has 0 saturated carbocycles. The standard InChI is InChI=1S/C50H78N8O5/c1-11-24-57-27-26-55(9)33-50(57,19-22-51-8)20-23-53-45(36(3)4)48(61)54-40(32-59)31-56-25-14-15-39(30-56)38-17-18-44-42(28-38)43(29-49(6,7)34-63-35-60)47(58(44)12-2)41-16-13-21-52-46(41)37(5)62-10/h13,15-18,21,28,32,35-37,40,45,51,53H,11-12,14,19-20,22-27,29-31,33-34H2,1-10H3,(H,54,61). The number of likely N-dealkylation sites (N-methyl/N-ethyl adjacent to an activating group) is 1. The molecule has 1 fully saturated rings. The van der Waals surface area contributed by atoms with Gasteiger partial charge in [0.25, 0.3) is 6.47 Å². The number of hydrogen-bond acceptors (Lipinski definition) is 11. The van der Waals surface area contributed by atoms with Gasteiger partial charge in [-0.15, -0.1) is 0 Å². The van der Waals surface area contributed by atoms with Gasteiger partial charge in [-0.2, -0.15) is 0 Å². The van der Waals surface area contributed by atoms with Gasteiger partial charge in [0.2, 0.25) is 5.91 Å². The molecule has 3 aromatic rings. The molecular weight excluding hydrogens is 793 g/mol. The zero-order valence-corrected chi connectivity index (χ0v) is 40.1. The molecule has 1 aromatic carbocycles. The van der Waals surface area contributed by atoms with Crippen molar-refractivity contribution in [2.24, 2.45) is 11.3 Å². The molecule has 0 radical (unpaired) electrons. The number of ether oxygens (including phenoxy) is 2. The van der Waals surface area contributed by atoms with Crippen molar-refractivity contribution in [3.63, 3.8) is 0 Å². The molecule has 0 aliphatic carbocycles. The largest absolute Gasteiger partial charge is 0.467 e. The third-order valence-electron chi connectivity index (χ3n) is 13.3. The van der Waals surface area contributed by atoms with Crippen molar-refractivity contribution in [2.75, 3.05) is 86.7 Å². The van der Waals surface area contributed by atoms with Crippen molar-refractivity contribution < 1.29 is 23.9 Å². The third kappa shape index (κ3) is 12.4. The smallest absolute Gasteiger partial charge is 0.293 e. The number of hydrogen-bond donors (Lipinski definition) is 3. The molecular formula is C50H78N8O5. The minimum absolute atomic E-state index is 0.0322. The number of nitrogens with zero attached hydrogens (tertiary/aromatic N) is 5. The summed E-state index contributed by atoms with van der Waals surface area (Å²) in [5.41, 5.74) is 7.30. The van der Waals surface area contributed by atoms with Crippen LogP contribution < -0.4 is 16.0 Å². The van der Waals surface area contributed by atoms with E-state index in [2.05, 4.69) is 114 Å². The van der Waals surface area contributed by atoms with E-state index in [0.29, 0.717) is 32.6 Å². The maximum atomic E-state index is 14.0. The minimum Gasteiger partial charge on any atom is -0.467 e.